The minimum absolute atomic E-state index is 0.0948. The molecule has 94 valence electrons. The van der Waals surface area contributed by atoms with Crippen molar-refractivity contribution in [3.63, 3.8) is 0 Å². The molecule has 2 bridgehead atoms. The Balaban J connectivity index is 2.21. The summed E-state index contributed by atoms with van der Waals surface area (Å²) in [7, 11) is 4.25. The second kappa shape index (κ2) is 3.46. The van der Waals surface area contributed by atoms with E-state index >= 15 is 0 Å². The highest BCUT2D eigenvalue weighted by molar-refractivity contribution is 5.17. The van der Waals surface area contributed by atoms with Crippen LogP contribution in [0.3, 0.4) is 0 Å². The summed E-state index contributed by atoms with van der Waals surface area (Å²) in [5.41, 5.74) is -0.206. The molecule has 2 fully saturated rings. The van der Waals surface area contributed by atoms with Crippen molar-refractivity contribution in [1.82, 2.24) is 4.90 Å². The molecule has 2 aliphatic rings. The Morgan fingerprint density at radius 3 is 2.31 bits per heavy atom. The van der Waals surface area contributed by atoms with Crippen LogP contribution in [0, 0.1) is 16.7 Å². The summed E-state index contributed by atoms with van der Waals surface area (Å²) in [6.07, 6.45) is 4.92. The monoisotopic (exact) mass is 225 g/mol. The number of aliphatic hydroxyl groups is 1. The number of hydrogen-bond acceptors (Lipinski definition) is 2. The molecule has 0 aromatic carbocycles. The Hall–Kier alpha value is -0.0800. The van der Waals surface area contributed by atoms with Gasteiger partial charge in [0.1, 0.15) is 0 Å². The van der Waals surface area contributed by atoms with Gasteiger partial charge in [0.05, 0.1) is 5.60 Å². The summed E-state index contributed by atoms with van der Waals surface area (Å²) < 4.78 is 0. The van der Waals surface area contributed by atoms with E-state index in [9.17, 15) is 5.11 Å². The first kappa shape index (κ1) is 12.4. The van der Waals surface area contributed by atoms with Crippen LogP contribution in [0.15, 0.2) is 0 Å². The molecular weight excluding hydrogens is 198 g/mol. The van der Waals surface area contributed by atoms with Gasteiger partial charge >= 0.3 is 0 Å². The van der Waals surface area contributed by atoms with Crippen molar-refractivity contribution in [2.75, 3.05) is 20.6 Å². The number of fused-ring (bicyclic) bond motifs is 2. The third-order valence-electron chi connectivity index (χ3n) is 5.95. The summed E-state index contributed by atoms with van der Waals surface area (Å²) in [5.74, 6) is 0.727. The average molecular weight is 225 g/mol. The highest BCUT2D eigenvalue weighted by Crippen LogP contribution is 2.69. The lowest BCUT2D eigenvalue weighted by atomic mass is 9.59. The number of hydrogen-bond donors (Lipinski definition) is 1. The molecule has 1 N–H and O–H groups in total. The third kappa shape index (κ3) is 1.39. The van der Waals surface area contributed by atoms with Gasteiger partial charge in [0, 0.05) is 5.41 Å². The predicted molar refractivity (Wildman–Crippen MR) is 67.3 cm³/mol. The average Bonchev–Trinajstić information content (AvgIpc) is 2.64. The first-order chi connectivity index (χ1) is 7.23. The van der Waals surface area contributed by atoms with E-state index in [1.807, 2.05) is 0 Å². The van der Waals surface area contributed by atoms with E-state index < -0.39 is 5.60 Å². The molecule has 3 atom stereocenters. The number of rotatable bonds is 3. The number of nitrogens with zero attached hydrogens (tertiary/aromatic N) is 1. The SMILES string of the molecule is CN(C)CC[C@]12CC[C@H](C1)C(C)(C)[C@]2(C)O. The highest BCUT2D eigenvalue weighted by Gasteiger charge is 2.67. The van der Waals surface area contributed by atoms with Crippen LogP contribution in [-0.2, 0) is 0 Å². The molecular formula is C14H27NO. The van der Waals surface area contributed by atoms with Gasteiger partial charge < -0.3 is 10.0 Å². The van der Waals surface area contributed by atoms with Crippen LogP contribution in [0.5, 0.6) is 0 Å². The molecule has 2 rings (SSSR count). The smallest absolute Gasteiger partial charge is 0.0729 e. The second-order valence-electron chi connectivity index (χ2n) is 7.07. The summed E-state index contributed by atoms with van der Waals surface area (Å²) in [6.45, 7) is 7.70. The van der Waals surface area contributed by atoms with Crippen LogP contribution < -0.4 is 0 Å². The molecule has 2 nitrogen and oxygen atoms in total. The normalized spacial score (nSPS) is 45.6. The molecule has 0 aromatic rings. The van der Waals surface area contributed by atoms with Crippen LogP contribution in [0.1, 0.15) is 46.5 Å². The van der Waals surface area contributed by atoms with E-state index in [-0.39, 0.29) is 10.8 Å². The molecule has 16 heavy (non-hydrogen) atoms. The maximum Gasteiger partial charge on any atom is 0.0729 e. The van der Waals surface area contributed by atoms with Crippen molar-refractivity contribution in [3.05, 3.63) is 0 Å². The van der Waals surface area contributed by atoms with E-state index in [4.69, 9.17) is 0 Å². The zero-order chi connectivity index (χ0) is 12.2. The summed E-state index contributed by atoms with van der Waals surface area (Å²) in [4.78, 5) is 2.24. The van der Waals surface area contributed by atoms with Crippen LogP contribution in [-0.4, -0.2) is 36.2 Å². The van der Waals surface area contributed by atoms with Gasteiger partial charge in [-0.15, -0.1) is 0 Å². The van der Waals surface area contributed by atoms with E-state index in [2.05, 4.69) is 39.8 Å². The zero-order valence-electron chi connectivity index (χ0n) is 11.5. The topological polar surface area (TPSA) is 23.5 Å². The summed E-state index contributed by atoms with van der Waals surface area (Å²) in [5, 5.41) is 11.0. The standard InChI is InChI=1S/C14H27NO/c1-12(2)11-6-7-14(10-11,13(12,3)16)8-9-15(4)5/h11,16H,6-10H2,1-5H3/t11-,13+,14-/m1/s1. The van der Waals surface area contributed by atoms with Crippen molar-refractivity contribution in [2.24, 2.45) is 16.7 Å². The Morgan fingerprint density at radius 1 is 1.25 bits per heavy atom. The van der Waals surface area contributed by atoms with Crippen molar-refractivity contribution in [3.8, 4) is 0 Å². The van der Waals surface area contributed by atoms with Crippen LogP contribution >= 0.6 is 0 Å². The molecule has 0 amide bonds. The minimum atomic E-state index is -0.487. The van der Waals surface area contributed by atoms with Gasteiger partial charge in [-0.25, -0.2) is 0 Å². The Labute approximate surface area is 100 Å². The van der Waals surface area contributed by atoms with Gasteiger partial charge in [-0.3, -0.25) is 0 Å². The Kier molecular flexibility index (Phi) is 2.67. The fraction of sp³-hybridized carbons (Fsp3) is 1.00. The third-order valence-corrected chi connectivity index (χ3v) is 5.95. The fourth-order valence-corrected chi connectivity index (χ4v) is 4.17. The first-order valence-corrected chi connectivity index (χ1v) is 6.60. The summed E-state index contributed by atoms with van der Waals surface area (Å²) >= 11 is 0. The van der Waals surface area contributed by atoms with Crippen LogP contribution in [0.25, 0.3) is 0 Å². The van der Waals surface area contributed by atoms with Crippen molar-refractivity contribution in [1.29, 1.82) is 0 Å². The van der Waals surface area contributed by atoms with Gasteiger partial charge in [0.2, 0.25) is 0 Å². The molecule has 0 saturated heterocycles. The maximum atomic E-state index is 11.0. The van der Waals surface area contributed by atoms with Gasteiger partial charge in [0.15, 0.2) is 0 Å². The van der Waals surface area contributed by atoms with E-state index in [0.717, 1.165) is 18.9 Å². The van der Waals surface area contributed by atoms with E-state index in [1.165, 1.54) is 19.3 Å². The summed E-state index contributed by atoms with van der Waals surface area (Å²) in [6, 6.07) is 0. The van der Waals surface area contributed by atoms with Gasteiger partial charge in [-0.1, -0.05) is 13.8 Å². The lowest BCUT2D eigenvalue weighted by Gasteiger charge is -2.50. The van der Waals surface area contributed by atoms with E-state index in [0.29, 0.717) is 0 Å². The fourth-order valence-electron chi connectivity index (χ4n) is 4.17. The van der Waals surface area contributed by atoms with E-state index in [1.54, 1.807) is 0 Å². The van der Waals surface area contributed by atoms with Crippen LogP contribution in [0.2, 0.25) is 0 Å². The highest BCUT2D eigenvalue weighted by atomic mass is 16.3. The lowest BCUT2D eigenvalue weighted by Crippen LogP contribution is -2.53. The molecule has 2 heteroatoms. The molecule has 2 saturated carbocycles. The minimum Gasteiger partial charge on any atom is -0.389 e. The van der Waals surface area contributed by atoms with Crippen molar-refractivity contribution < 1.29 is 5.11 Å². The molecule has 0 aliphatic heterocycles. The van der Waals surface area contributed by atoms with Crippen LogP contribution in [0.4, 0.5) is 0 Å². The Morgan fingerprint density at radius 2 is 1.88 bits per heavy atom. The molecule has 0 unspecified atom stereocenters. The van der Waals surface area contributed by atoms with Gasteiger partial charge in [0.25, 0.3) is 0 Å². The predicted octanol–water partition coefficient (Wildman–Crippen LogP) is 2.52. The largest absolute Gasteiger partial charge is 0.389 e. The van der Waals surface area contributed by atoms with Gasteiger partial charge in [-0.2, -0.15) is 0 Å². The lowest BCUT2D eigenvalue weighted by molar-refractivity contribution is -0.138. The molecule has 0 heterocycles. The molecule has 2 aliphatic carbocycles. The Bertz CT molecular complexity index is 282. The first-order valence-electron chi connectivity index (χ1n) is 6.60. The molecule has 0 spiro atoms. The zero-order valence-corrected chi connectivity index (χ0v) is 11.5. The second-order valence-corrected chi connectivity index (χ2v) is 7.07. The molecule has 0 radical (unpaired) electrons. The molecule has 0 aromatic heterocycles. The van der Waals surface area contributed by atoms with Gasteiger partial charge in [-0.05, 0) is 64.6 Å². The van der Waals surface area contributed by atoms with Crippen molar-refractivity contribution in [2.45, 2.75) is 52.1 Å². The van der Waals surface area contributed by atoms with Crippen molar-refractivity contribution >= 4 is 0 Å². The maximum absolute atomic E-state index is 11.0. The quantitative estimate of drug-likeness (QED) is 0.798.